The second kappa shape index (κ2) is 4.49. The van der Waals surface area contributed by atoms with Crippen LogP contribution < -0.4 is 11.1 Å². The molecule has 5 heteroatoms. The zero-order valence-electron chi connectivity index (χ0n) is 8.74. The van der Waals surface area contributed by atoms with Crippen molar-refractivity contribution in [3.63, 3.8) is 0 Å². The quantitative estimate of drug-likeness (QED) is 0.886. The maximum Gasteiger partial charge on any atom is 0.163 e. The highest BCUT2D eigenvalue weighted by Crippen LogP contribution is 2.28. The van der Waals surface area contributed by atoms with Crippen LogP contribution in [0.1, 0.15) is 0 Å². The normalized spacial score (nSPS) is 10.1. The Morgan fingerprint density at radius 2 is 1.88 bits per heavy atom. The van der Waals surface area contributed by atoms with Gasteiger partial charge in [-0.3, -0.25) is 0 Å². The van der Waals surface area contributed by atoms with Gasteiger partial charge in [0.25, 0.3) is 0 Å². The van der Waals surface area contributed by atoms with Crippen LogP contribution in [0.4, 0.5) is 11.6 Å². The van der Waals surface area contributed by atoms with Crippen LogP contribution in [-0.2, 0) is 0 Å². The van der Waals surface area contributed by atoms with Crippen molar-refractivity contribution in [1.29, 1.82) is 0 Å². The number of benzene rings is 1. The smallest absolute Gasteiger partial charge is 0.163 e. The van der Waals surface area contributed by atoms with E-state index in [0.717, 1.165) is 5.56 Å². The number of hydrogen-bond acceptors (Lipinski definition) is 4. The molecule has 0 saturated carbocycles. The molecule has 3 N–H and O–H groups in total. The fraction of sp³-hybridized carbons (Fsp3) is 0.0909. The van der Waals surface area contributed by atoms with Crippen LogP contribution in [0.15, 0.2) is 34.8 Å². The highest BCUT2D eigenvalue weighted by Gasteiger charge is 2.09. The first kappa shape index (κ1) is 10.9. The van der Waals surface area contributed by atoms with E-state index in [1.165, 1.54) is 0 Å². The summed E-state index contributed by atoms with van der Waals surface area (Å²) in [5.74, 6) is 1.73. The van der Waals surface area contributed by atoms with Crippen molar-refractivity contribution in [1.82, 2.24) is 9.97 Å². The van der Waals surface area contributed by atoms with E-state index in [1.54, 1.807) is 7.05 Å². The lowest BCUT2D eigenvalue weighted by Gasteiger charge is -2.08. The first-order valence-corrected chi connectivity index (χ1v) is 5.58. The molecule has 1 aromatic heterocycles. The van der Waals surface area contributed by atoms with Gasteiger partial charge in [0.05, 0.1) is 0 Å². The molecule has 82 valence electrons. The zero-order chi connectivity index (χ0) is 11.5. The number of hydrogen-bond donors (Lipinski definition) is 2. The van der Waals surface area contributed by atoms with Gasteiger partial charge in [-0.2, -0.15) is 0 Å². The average molecular weight is 279 g/mol. The summed E-state index contributed by atoms with van der Waals surface area (Å²) in [7, 11) is 1.79. The lowest BCUT2D eigenvalue weighted by molar-refractivity contribution is 1.16. The van der Waals surface area contributed by atoms with Crippen LogP contribution in [0.5, 0.6) is 0 Å². The van der Waals surface area contributed by atoms with E-state index in [0.29, 0.717) is 21.9 Å². The molecule has 0 atom stereocenters. The summed E-state index contributed by atoms with van der Waals surface area (Å²) in [6, 6.07) is 9.72. The fourth-order valence-electron chi connectivity index (χ4n) is 1.35. The van der Waals surface area contributed by atoms with E-state index in [4.69, 9.17) is 5.73 Å². The Bertz CT molecular complexity index is 499. The Balaban J connectivity index is 2.55. The number of rotatable bonds is 2. The summed E-state index contributed by atoms with van der Waals surface area (Å²) in [6.07, 6.45) is 0. The summed E-state index contributed by atoms with van der Waals surface area (Å²) in [5, 5.41) is 2.97. The molecule has 1 aromatic carbocycles. The van der Waals surface area contributed by atoms with Gasteiger partial charge < -0.3 is 11.1 Å². The summed E-state index contributed by atoms with van der Waals surface area (Å²) in [6.45, 7) is 0. The van der Waals surface area contributed by atoms with Crippen molar-refractivity contribution in [3.8, 4) is 11.4 Å². The molecule has 0 amide bonds. The molecular weight excluding hydrogens is 268 g/mol. The minimum absolute atomic E-state index is 0.429. The Kier molecular flexibility index (Phi) is 3.05. The van der Waals surface area contributed by atoms with Gasteiger partial charge in [0.2, 0.25) is 0 Å². The molecule has 0 aliphatic heterocycles. The van der Waals surface area contributed by atoms with Crippen molar-refractivity contribution in [2.24, 2.45) is 0 Å². The van der Waals surface area contributed by atoms with Gasteiger partial charge in [-0.05, 0) is 15.9 Å². The first-order valence-electron chi connectivity index (χ1n) is 4.78. The molecule has 16 heavy (non-hydrogen) atoms. The van der Waals surface area contributed by atoms with Gasteiger partial charge in [0.15, 0.2) is 5.82 Å². The predicted octanol–water partition coefficient (Wildman–Crippen LogP) is 2.53. The first-order chi connectivity index (χ1) is 7.72. The number of nitrogen functional groups attached to an aromatic ring is 1. The van der Waals surface area contributed by atoms with Gasteiger partial charge in [-0.25, -0.2) is 9.97 Å². The largest absolute Gasteiger partial charge is 0.383 e. The third-order valence-corrected chi connectivity index (χ3v) is 2.93. The van der Waals surface area contributed by atoms with Crippen LogP contribution in [0.25, 0.3) is 11.4 Å². The number of nitrogens with one attached hydrogen (secondary N) is 1. The van der Waals surface area contributed by atoms with E-state index >= 15 is 0 Å². The highest BCUT2D eigenvalue weighted by atomic mass is 79.9. The Morgan fingerprint density at radius 3 is 2.50 bits per heavy atom. The Hall–Kier alpha value is -1.62. The van der Waals surface area contributed by atoms with Crippen molar-refractivity contribution in [3.05, 3.63) is 34.8 Å². The minimum atomic E-state index is 0.429. The van der Waals surface area contributed by atoms with Crippen LogP contribution in [0.3, 0.4) is 0 Å². The monoisotopic (exact) mass is 278 g/mol. The molecule has 2 rings (SSSR count). The molecule has 0 bridgehead atoms. The SMILES string of the molecule is CNc1nc(-c2ccccc2)nc(N)c1Br. The molecule has 0 unspecified atom stereocenters. The number of halogens is 1. The van der Waals surface area contributed by atoms with Crippen molar-refractivity contribution < 1.29 is 0 Å². The fourth-order valence-corrected chi connectivity index (χ4v) is 1.72. The molecule has 4 nitrogen and oxygen atoms in total. The molecular formula is C11H11BrN4. The third kappa shape index (κ3) is 1.99. The Labute approximate surface area is 102 Å². The summed E-state index contributed by atoms with van der Waals surface area (Å²) >= 11 is 3.33. The Morgan fingerprint density at radius 1 is 1.19 bits per heavy atom. The van der Waals surface area contributed by atoms with E-state index in [9.17, 15) is 0 Å². The van der Waals surface area contributed by atoms with Crippen LogP contribution in [-0.4, -0.2) is 17.0 Å². The van der Waals surface area contributed by atoms with Gasteiger partial charge in [0, 0.05) is 12.6 Å². The van der Waals surface area contributed by atoms with Crippen molar-refractivity contribution in [2.45, 2.75) is 0 Å². The predicted molar refractivity (Wildman–Crippen MR) is 69.1 cm³/mol. The topological polar surface area (TPSA) is 63.8 Å². The third-order valence-electron chi connectivity index (χ3n) is 2.15. The van der Waals surface area contributed by atoms with Gasteiger partial charge in [-0.1, -0.05) is 30.3 Å². The molecule has 0 aliphatic rings. The second-order valence-electron chi connectivity index (χ2n) is 3.21. The lowest BCUT2D eigenvalue weighted by Crippen LogP contribution is -2.02. The van der Waals surface area contributed by atoms with Gasteiger partial charge in [0.1, 0.15) is 16.1 Å². The van der Waals surface area contributed by atoms with E-state index in [-0.39, 0.29) is 0 Å². The number of nitrogens with zero attached hydrogens (tertiary/aromatic N) is 2. The van der Waals surface area contributed by atoms with E-state index < -0.39 is 0 Å². The average Bonchev–Trinajstić information content (AvgIpc) is 2.33. The standard InChI is InChI=1S/C11H11BrN4/c1-14-11-8(12)9(13)15-10(16-11)7-5-3-2-4-6-7/h2-6H,1H3,(H3,13,14,15,16). The van der Waals surface area contributed by atoms with Gasteiger partial charge in [-0.15, -0.1) is 0 Å². The second-order valence-corrected chi connectivity index (χ2v) is 4.00. The zero-order valence-corrected chi connectivity index (χ0v) is 10.3. The highest BCUT2D eigenvalue weighted by molar-refractivity contribution is 9.10. The molecule has 0 saturated heterocycles. The molecule has 2 aromatic rings. The van der Waals surface area contributed by atoms with E-state index in [2.05, 4.69) is 31.2 Å². The maximum absolute atomic E-state index is 5.80. The molecule has 0 radical (unpaired) electrons. The maximum atomic E-state index is 5.80. The molecule has 0 fully saturated rings. The van der Waals surface area contributed by atoms with Crippen molar-refractivity contribution in [2.75, 3.05) is 18.1 Å². The number of nitrogens with two attached hydrogens (primary N) is 1. The number of anilines is 2. The summed E-state index contributed by atoms with van der Waals surface area (Å²) in [4.78, 5) is 8.60. The number of aromatic nitrogens is 2. The summed E-state index contributed by atoms with van der Waals surface area (Å²) in [5.41, 5.74) is 6.74. The minimum Gasteiger partial charge on any atom is -0.383 e. The van der Waals surface area contributed by atoms with E-state index in [1.807, 2.05) is 30.3 Å². The van der Waals surface area contributed by atoms with Crippen molar-refractivity contribution >= 4 is 27.6 Å². The van der Waals surface area contributed by atoms with Crippen LogP contribution >= 0.6 is 15.9 Å². The molecule has 1 heterocycles. The summed E-state index contributed by atoms with van der Waals surface area (Å²) < 4.78 is 0.690. The van der Waals surface area contributed by atoms with Gasteiger partial charge >= 0.3 is 0 Å². The van der Waals surface area contributed by atoms with Crippen LogP contribution in [0.2, 0.25) is 0 Å². The molecule has 0 spiro atoms. The van der Waals surface area contributed by atoms with Crippen LogP contribution in [0, 0.1) is 0 Å². The lowest BCUT2D eigenvalue weighted by atomic mass is 10.2. The molecule has 0 aliphatic carbocycles.